The van der Waals surface area contributed by atoms with E-state index in [-0.39, 0.29) is 0 Å². The number of likely N-dealkylation sites (tertiary alicyclic amines) is 1. The zero-order chi connectivity index (χ0) is 18.6. The molecular formula is C23H28N4. The van der Waals surface area contributed by atoms with Gasteiger partial charge in [0.2, 0.25) is 5.95 Å². The lowest BCUT2D eigenvalue weighted by Crippen LogP contribution is -2.34. The van der Waals surface area contributed by atoms with Crippen LogP contribution in [0.5, 0.6) is 0 Å². The monoisotopic (exact) mass is 360 g/mol. The maximum absolute atomic E-state index is 4.62. The minimum Gasteiger partial charge on any atom is -0.298 e. The molecule has 3 heterocycles. The number of aryl methyl sites for hydroxylation is 2. The average molecular weight is 361 g/mol. The van der Waals surface area contributed by atoms with E-state index in [1.165, 1.54) is 30.5 Å². The van der Waals surface area contributed by atoms with Crippen LogP contribution in [0.15, 0.2) is 54.7 Å². The molecule has 1 aromatic carbocycles. The molecule has 1 fully saturated rings. The lowest BCUT2D eigenvalue weighted by atomic mass is 9.90. The highest BCUT2D eigenvalue weighted by molar-refractivity contribution is 5.24. The number of benzene rings is 1. The van der Waals surface area contributed by atoms with Gasteiger partial charge < -0.3 is 0 Å². The number of hydrogen-bond donors (Lipinski definition) is 0. The highest BCUT2D eigenvalue weighted by Gasteiger charge is 2.20. The van der Waals surface area contributed by atoms with Crippen molar-refractivity contribution < 1.29 is 0 Å². The Balaban J connectivity index is 1.38. The van der Waals surface area contributed by atoms with Crippen molar-refractivity contribution in [2.45, 2.75) is 39.7 Å². The lowest BCUT2D eigenvalue weighted by molar-refractivity contribution is 0.174. The minimum atomic E-state index is 0.784. The van der Waals surface area contributed by atoms with Crippen molar-refractivity contribution in [3.63, 3.8) is 0 Å². The van der Waals surface area contributed by atoms with Gasteiger partial charge in [-0.05, 0) is 75.9 Å². The summed E-state index contributed by atoms with van der Waals surface area (Å²) >= 11 is 0. The average Bonchev–Trinajstić information content (AvgIpc) is 3.12. The normalized spacial score (nSPS) is 15.9. The van der Waals surface area contributed by atoms with E-state index in [0.717, 1.165) is 42.9 Å². The van der Waals surface area contributed by atoms with Crippen LogP contribution < -0.4 is 0 Å². The van der Waals surface area contributed by atoms with Gasteiger partial charge in [0, 0.05) is 29.8 Å². The predicted octanol–water partition coefficient (Wildman–Crippen LogP) is 4.34. The highest BCUT2D eigenvalue weighted by Crippen LogP contribution is 2.23. The number of hydrogen-bond acceptors (Lipinski definition) is 3. The Morgan fingerprint density at radius 2 is 1.63 bits per heavy atom. The molecule has 4 rings (SSSR count). The molecule has 0 atom stereocenters. The summed E-state index contributed by atoms with van der Waals surface area (Å²) in [5.41, 5.74) is 4.76. The maximum Gasteiger partial charge on any atom is 0.234 e. The SMILES string of the molecule is Cc1cc(C)nc(-n2cccc2CN2CCC(Cc3ccccc3)CC2)n1. The van der Waals surface area contributed by atoms with Crippen LogP contribution in [-0.2, 0) is 13.0 Å². The molecule has 1 aliphatic rings. The zero-order valence-corrected chi connectivity index (χ0v) is 16.3. The van der Waals surface area contributed by atoms with E-state index in [0.29, 0.717) is 0 Å². The van der Waals surface area contributed by atoms with Gasteiger partial charge in [0.25, 0.3) is 0 Å². The zero-order valence-electron chi connectivity index (χ0n) is 16.3. The first-order chi connectivity index (χ1) is 13.2. The van der Waals surface area contributed by atoms with Crippen LogP contribution in [-0.4, -0.2) is 32.5 Å². The van der Waals surface area contributed by atoms with Gasteiger partial charge in [-0.3, -0.25) is 9.47 Å². The van der Waals surface area contributed by atoms with Gasteiger partial charge in [0.1, 0.15) is 0 Å². The summed E-state index contributed by atoms with van der Waals surface area (Å²) in [4.78, 5) is 11.8. The van der Waals surface area contributed by atoms with Crippen LogP contribution in [0.2, 0.25) is 0 Å². The fourth-order valence-electron chi connectivity index (χ4n) is 4.08. The third-order valence-corrected chi connectivity index (χ3v) is 5.48. The van der Waals surface area contributed by atoms with Gasteiger partial charge >= 0.3 is 0 Å². The van der Waals surface area contributed by atoms with Gasteiger partial charge in [-0.2, -0.15) is 0 Å². The molecular weight excluding hydrogens is 332 g/mol. The Kier molecular flexibility index (Phi) is 5.35. The van der Waals surface area contributed by atoms with Crippen molar-refractivity contribution in [1.82, 2.24) is 19.4 Å². The molecule has 1 aliphatic heterocycles. The van der Waals surface area contributed by atoms with Crippen molar-refractivity contribution in [2.75, 3.05) is 13.1 Å². The smallest absolute Gasteiger partial charge is 0.234 e. The molecule has 0 radical (unpaired) electrons. The summed E-state index contributed by atoms with van der Waals surface area (Å²) < 4.78 is 2.13. The van der Waals surface area contributed by atoms with Gasteiger partial charge in [-0.15, -0.1) is 0 Å². The van der Waals surface area contributed by atoms with E-state index in [4.69, 9.17) is 0 Å². The largest absolute Gasteiger partial charge is 0.298 e. The maximum atomic E-state index is 4.62. The topological polar surface area (TPSA) is 34.0 Å². The number of rotatable bonds is 5. The van der Waals surface area contributed by atoms with Crippen LogP contribution in [0.25, 0.3) is 5.95 Å². The van der Waals surface area contributed by atoms with Crippen molar-refractivity contribution in [1.29, 1.82) is 0 Å². The molecule has 1 saturated heterocycles. The van der Waals surface area contributed by atoms with Gasteiger partial charge in [-0.1, -0.05) is 30.3 Å². The van der Waals surface area contributed by atoms with Crippen LogP contribution in [0.1, 0.15) is 35.5 Å². The molecule has 0 amide bonds. The van der Waals surface area contributed by atoms with E-state index in [2.05, 4.69) is 68.1 Å². The molecule has 0 N–H and O–H groups in total. The van der Waals surface area contributed by atoms with E-state index in [1.807, 2.05) is 19.9 Å². The van der Waals surface area contributed by atoms with Crippen molar-refractivity contribution in [3.8, 4) is 5.95 Å². The highest BCUT2D eigenvalue weighted by atomic mass is 15.2. The summed E-state index contributed by atoms with van der Waals surface area (Å²) in [7, 11) is 0. The summed E-state index contributed by atoms with van der Waals surface area (Å²) in [6.07, 6.45) is 5.83. The molecule has 27 heavy (non-hydrogen) atoms. The Labute approximate surface area is 161 Å². The first-order valence-electron chi connectivity index (χ1n) is 9.92. The standard InChI is InChI=1S/C23H28N4/c1-18-15-19(2)25-23(24-18)27-12-6-9-22(27)17-26-13-10-21(11-14-26)16-20-7-4-3-5-8-20/h3-9,12,15,21H,10-11,13-14,16-17H2,1-2H3. The summed E-state index contributed by atoms with van der Waals surface area (Å²) in [6, 6.07) is 17.2. The first kappa shape index (κ1) is 17.9. The molecule has 0 spiro atoms. The Bertz CT molecular complexity index is 856. The second kappa shape index (κ2) is 8.05. The van der Waals surface area contributed by atoms with Crippen LogP contribution >= 0.6 is 0 Å². The van der Waals surface area contributed by atoms with Crippen molar-refractivity contribution in [2.24, 2.45) is 5.92 Å². The summed E-state index contributed by atoms with van der Waals surface area (Å²) in [6.45, 7) is 7.34. The Morgan fingerprint density at radius 3 is 2.33 bits per heavy atom. The first-order valence-corrected chi connectivity index (χ1v) is 9.92. The summed E-state index contributed by atoms with van der Waals surface area (Å²) in [5, 5.41) is 0. The molecule has 4 nitrogen and oxygen atoms in total. The molecule has 3 aromatic rings. The number of piperidine rings is 1. The van der Waals surface area contributed by atoms with E-state index in [1.54, 1.807) is 0 Å². The molecule has 2 aromatic heterocycles. The molecule has 4 heteroatoms. The van der Waals surface area contributed by atoms with E-state index >= 15 is 0 Å². The predicted molar refractivity (Wildman–Crippen MR) is 109 cm³/mol. The Morgan fingerprint density at radius 1 is 0.926 bits per heavy atom. The second-order valence-corrected chi connectivity index (χ2v) is 7.73. The van der Waals surface area contributed by atoms with Crippen molar-refractivity contribution >= 4 is 0 Å². The number of aromatic nitrogens is 3. The van der Waals surface area contributed by atoms with Gasteiger partial charge in [0.05, 0.1) is 0 Å². The number of nitrogens with zero attached hydrogens (tertiary/aromatic N) is 4. The fourth-order valence-corrected chi connectivity index (χ4v) is 4.08. The van der Waals surface area contributed by atoms with Crippen molar-refractivity contribution in [3.05, 3.63) is 77.4 Å². The third-order valence-electron chi connectivity index (χ3n) is 5.48. The molecule has 0 aliphatic carbocycles. The quantitative estimate of drug-likeness (QED) is 0.679. The fraction of sp³-hybridized carbons (Fsp3) is 0.391. The van der Waals surface area contributed by atoms with Crippen LogP contribution in [0.3, 0.4) is 0 Å². The van der Waals surface area contributed by atoms with Gasteiger partial charge in [0.15, 0.2) is 0 Å². The Hall–Kier alpha value is -2.46. The van der Waals surface area contributed by atoms with Gasteiger partial charge in [-0.25, -0.2) is 9.97 Å². The molecule has 0 unspecified atom stereocenters. The van der Waals surface area contributed by atoms with E-state index < -0.39 is 0 Å². The molecule has 140 valence electrons. The lowest BCUT2D eigenvalue weighted by Gasteiger charge is -2.32. The van der Waals surface area contributed by atoms with Crippen LogP contribution in [0.4, 0.5) is 0 Å². The molecule has 0 saturated carbocycles. The summed E-state index contributed by atoms with van der Waals surface area (Å²) in [5.74, 6) is 1.59. The second-order valence-electron chi connectivity index (χ2n) is 7.73. The van der Waals surface area contributed by atoms with Crippen LogP contribution in [0, 0.1) is 19.8 Å². The third kappa shape index (κ3) is 4.45. The van der Waals surface area contributed by atoms with E-state index in [9.17, 15) is 0 Å². The minimum absolute atomic E-state index is 0.784. The molecule has 0 bridgehead atoms.